The van der Waals surface area contributed by atoms with Crippen molar-refractivity contribution in [2.24, 2.45) is 0 Å². The van der Waals surface area contributed by atoms with E-state index < -0.39 is 0 Å². The van der Waals surface area contributed by atoms with Gasteiger partial charge in [0.05, 0.1) is 17.2 Å². The predicted octanol–water partition coefficient (Wildman–Crippen LogP) is 3.47. The fourth-order valence-corrected chi connectivity index (χ4v) is 3.54. The van der Waals surface area contributed by atoms with E-state index in [9.17, 15) is 4.79 Å². The Kier molecular flexibility index (Phi) is 6.40. The van der Waals surface area contributed by atoms with Crippen molar-refractivity contribution >= 4 is 27.8 Å². The van der Waals surface area contributed by atoms with E-state index >= 15 is 0 Å². The number of para-hydroxylation sites is 1. The van der Waals surface area contributed by atoms with Gasteiger partial charge in [-0.15, -0.1) is 0 Å². The number of fused-ring (bicyclic) bond motifs is 3. The highest BCUT2D eigenvalue weighted by Gasteiger charge is 2.14. The molecule has 27 heavy (non-hydrogen) atoms. The molecule has 3 rings (SSSR count). The Hall–Kier alpha value is -2.47. The molecule has 1 N–H and O–H groups in total. The van der Waals surface area contributed by atoms with E-state index in [0.717, 1.165) is 54.5 Å². The van der Waals surface area contributed by atoms with Crippen LogP contribution in [0, 0.1) is 0 Å². The summed E-state index contributed by atoms with van der Waals surface area (Å²) in [6, 6.07) is 8.34. The van der Waals surface area contributed by atoms with Crippen LogP contribution in [0.1, 0.15) is 38.9 Å². The number of pyridine rings is 1. The van der Waals surface area contributed by atoms with Gasteiger partial charge in [-0.3, -0.25) is 9.78 Å². The summed E-state index contributed by atoms with van der Waals surface area (Å²) in [7, 11) is 1.53. The highest BCUT2D eigenvalue weighted by Crippen LogP contribution is 2.25. The van der Waals surface area contributed by atoms with Crippen LogP contribution in [0.4, 0.5) is 0 Å². The first-order valence-corrected chi connectivity index (χ1v) is 9.65. The zero-order valence-electron chi connectivity index (χ0n) is 16.4. The summed E-state index contributed by atoms with van der Waals surface area (Å²) in [6.45, 7) is 5.19. The predicted molar refractivity (Wildman–Crippen MR) is 108 cm³/mol. The second-order valence-corrected chi connectivity index (χ2v) is 6.98. The molecule has 0 aliphatic rings. The first-order valence-electron chi connectivity index (χ1n) is 9.65. The maximum Gasteiger partial charge on any atom is 0.246 e. The van der Waals surface area contributed by atoms with Crippen LogP contribution < -0.4 is 5.32 Å². The quantitative estimate of drug-likeness (QED) is 0.628. The average molecular weight is 368 g/mol. The summed E-state index contributed by atoms with van der Waals surface area (Å²) in [5.41, 5.74) is 3.12. The van der Waals surface area contributed by atoms with Crippen molar-refractivity contribution < 1.29 is 9.53 Å². The molecule has 0 aliphatic carbocycles. The smallest absolute Gasteiger partial charge is 0.246 e. The van der Waals surface area contributed by atoms with Crippen LogP contribution in [0.2, 0.25) is 0 Å². The number of nitrogens with zero attached hydrogens (tertiary/aromatic N) is 3. The molecule has 2 heterocycles. The van der Waals surface area contributed by atoms with Crippen molar-refractivity contribution in [1.29, 1.82) is 0 Å². The second-order valence-electron chi connectivity index (χ2n) is 6.98. The summed E-state index contributed by atoms with van der Waals surface area (Å²) in [6.07, 6.45) is 5.75. The lowest BCUT2D eigenvalue weighted by atomic mass is 10.1. The van der Waals surface area contributed by atoms with Crippen LogP contribution in [0.5, 0.6) is 0 Å². The van der Waals surface area contributed by atoms with Gasteiger partial charge in [0.15, 0.2) is 0 Å². The number of methoxy groups -OCH3 is 1. The average Bonchev–Trinajstić information content (AvgIpc) is 3.00. The van der Waals surface area contributed by atoms with Gasteiger partial charge in [0, 0.05) is 31.5 Å². The van der Waals surface area contributed by atoms with E-state index in [-0.39, 0.29) is 18.6 Å². The fourth-order valence-electron chi connectivity index (χ4n) is 3.54. The third-order valence-corrected chi connectivity index (χ3v) is 4.73. The number of amides is 1. The minimum absolute atomic E-state index is 0.0678. The lowest BCUT2D eigenvalue weighted by molar-refractivity contribution is -0.125. The second kappa shape index (κ2) is 8.95. The molecule has 3 aromatic rings. The molecule has 0 saturated carbocycles. The largest absolute Gasteiger partial charge is 0.375 e. The molecule has 6 heteroatoms. The Labute approximate surface area is 159 Å². The summed E-state index contributed by atoms with van der Waals surface area (Å²) in [5, 5.41) is 4.11. The van der Waals surface area contributed by atoms with Crippen molar-refractivity contribution in [1.82, 2.24) is 19.9 Å². The first-order chi connectivity index (χ1) is 13.1. The van der Waals surface area contributed by atoms with Gasteiger partial charge in [-0.25, -0.2) is 4.98 Å². The normalized spacial score (nSPS) is 12.6. The maximum absolute atomic E-state index is 11.6. The molecule has 0 radical (unpaired) electrons. The minimum Gasteiger partial charge on any atom is -0.375 e. The van der Waals surface area contributed by atoms with Crippen molar-refractivity contribution in [3.63, 3.8) is 0 Å². The molecular weight excluding hydrogens is 340 g/mol. The number of nitrogens with one attached hydrogen (secondary N) is 1. The Morgan fingerprint density at radius 2 is 2.11 bits per heavy atom. The SMILES string of the molecule is CCCc1nc2cnc3ccccc3c2n1CCCC(C)NC(=O)COC. The Morgan fingerprint density at radius 3 is 2.89 bits per heavy atom. The van der Waals surface area contributed by atoms with Crippen molar-refractivity contribution in [3.8, 4) is 0 Å². The van der Waals surface area contributed by atoms with Crippen molar-refractivity contribution in [3.05, 3.63) is 36.3 Å². The first kappa shape index (κ1) is 19.3. The number of imidazole rings is 1. The molecule has 1 unspecified atom stereocenters. The number of carbonyl (C=O) groups excluding carboxylic acids is 1. The summed E-state index contributed by atoms with van der Waals surface area (Å²) < 4.78 is 7.21. The maximum atomic E-state index is 11.6. The molecule has 6 nitrogen and oxygen atoms in total. The van der Waals surface area contributed by atoms with Gasteiger partial charge in [-0.1, -0.05) is 25.1 Å². The Morgan fingerprint density at radius 1 is 1.30 bits per heavy atom. The van der Waals surface area contributed by atoms with Crippen LogP contribution in [0.25, 0.3) is 21.9 Å². The van der Waals surface area contributed by atoms with Crippen LogP contribution in [0.3, 0.4) is 0 Å². The van der Waals surface area contributed by atoms with E-state index in [1.54, 1.807) is 0 Å². The van der Waals surface area contributed by atoms with E-state index in [0.29, 0.717) is 0 Å². The van der Waals surface area contributed by atoms with Gasteiger partial charge >= 0.3 is 0 Å². The molecule has 144 valence electrons. The highest BCUT2D eigenvalue weighted by molar-refractivity contribution is 6.02. The lowest BCUT2D eigenvalue weighted by Crippen LogP contribution is -2.35. The standard InChI is InChI=1S/C21H28N4O2/c1-4-8-19-24-18-13-22-17-11-6-5-10-16(17)21(18)25(19)12-7-9-15(2)23-20(26)14-27-3/h5-6,10-11,13,15H,4,7-9,12,14H2,1-3H3,(H,23,26). The molecule has 0 aliphatic heterocycles. The molecule has 1 amide bonds. The third-order valence-electron chi connectivity index (χ3n) is 4.73. The van der Waals surface area contributed by atoms with Gasteiger partial charge < -0.3 is 14.6 Å². The molecule has 0 saturated heterocycles. The molecule has 1 aromatic carbocycles. The number of hydrogen-bond acceptors (Lipinski definition) is 4. The summed E-state index contributed by atoms with van der Waals surface area (Å²) in [5.74, 6) is 1.04. The summed E-state index contributed by atoms with van der Waals surface area (Å²) >= 11 is 0. The number of aromatic nitrogens is 3. The fraction of sp³-hybridized carbons (Fsp3) is 0.476. The number of carbonyl (C=O) groups is 1. The van der Waals surface area contributed by atoms with Crippen LogP contribution >= 0.6 is 0 Å². The number of ether oxygens (including phenoxy) is 1. The zero-order chi connectivity index (χ0) is 19.2. The van der Waals surface area contributed by atoms with Crippen LogP contribution in [0.15, 0.2) is 30.5 Å². The van der Waals surface area contributed by atoms with Crippen LogP contribution in [-0.4, -0.2) is 40.2 Å². The number of benzene rings is 1. The molecular formula is C21H28N4O2. The van der Waals surface area contributed by atoms with Gasteiger partial charge in [0.1, 0.15) is 17.9 Å². The monoisotopic (exact) mass is 368 g/mol. The third kappa shape index (κ3) is 4.45. The molecule has 0 spiro atoms. The van der Waals surface area contributed by atoms with E-state index in [1.807, 2.05) is 31.3 Å². The summed E-state index contributed by atoms with van der Waals surface area (Å²) in [4.78, 5) is 21.0. The minimum atomic E-state index is -0.0678. The van der Waals surface area contributed by atoms with E-state index in [4.69, 9.17) is 9.72 Å². The highest BCUT2D eigenvalue weighted by atomic mass is 16.5. The van der Waals surface area contributed by atoms with Gasteiger partial charge in [-0.05, 0) is 32.3 Å². The number of rotatable bonds is 9. The van der Waals surface area contributed by atoms with Gasteiger partial charge in [-0.2, -0.15) is 0 Å². The molecule has 1 atom stereocenters. The number of aryl methyl sites for hydroxylation is 2. The topological polar surface area (TPSA) is 69.0 Å². The lowest BCUT2D eigenvalue weighted by Gasteiger charge is -2.15. The Balaban J connectivity index is 1.81. The molecule has 0 fully saturated rings. The molecule has 0 bridgehead atoms. The van der Waals surface area contributed by atoms with Gasteiger partial charge in [0.25, 0.3) is 0 Å². The van der Waals surface area contributed by atoms with E-state index in [2.05, 4.69) is 27.9 Å². The molecule has 2 aromatic heterocycles. The van der Waals surface area contributed by atoms with Crippen molar-refractivity contribution in [2.45, 2.75) is 52.1 Å². The van der Waals surface area contributed by atoms with Crippen molar-refractivity contribution in [2.75, 3.05) is 13.7 Å². The number of hydrogen-bond donors (Lipinski definition) is 1. The van der Waals surface area contributed by atoms with Crippen LogP contribution in [-0.2, 0) is 22.5 Å². The zero-order valence-corrected chi connectivity index (χ0v) is 16.4. The van der Waals surface area contributed by atoms with E-state index in [1.165, 1.54) is 12.6 Å². The Bertz CT molecular complexity index is 919. The van der Waals surface area contributed by atoms with Gasteiger partial charge in [0.2, 0.25) is 5.91 Å².